The van der Waals surface area contributed by atoms with Crippen LogP contribution in [0, 0.1) is 5.82 Å². The molecule has 2 aromatic carbocycles. The topological polar surface area (TPSA) is 46.2 Å². The molecule has 2 aromatic rings. The van der Waals surface area contributed by atoms with Crippen molar-refractivity contribution >= 4 is 29.1 Å². The van der Waals surface area contributed by atoms with Gasteiger partial charge in [0.05, 0.1) is 5.56 Å². The average molecular weight is 582 g/mol. The number of Topliss-reactive ketones (excluding diaryl/α,β-unsaturated/α-hetero) is 1. The van der Waals surface area contributed by atoms with Crippen molar-refractivity contribution in [1.29, 1.82) is 0 Å². The van der Waals surface area contributed by atoms with Gasteiger partial charge in [-0.2, -0.15) is 39.5 Å². The molecule has 0 aliphatic heterocycles. The van der Waals surface area contributed by atoms with Crippen LogP contribution in [0.25, 0.3) is 5.83 Å². The van der Waals surface area contributed by atoms with Gasteiger partial charge >= 0.3 is 18.5 Å². The van der Waals surface area contributed by atoms with Crippen LogP contribution >= 0.6 is 11.6 Å². The molecule has 0 fully saturated rings. The highest BCUT2D eigenvalue weighted by atomic mass is 35.5. The van der Waals surface area contributed by atoms with Crippen LogP contribution in [0.1, 0.15) is 45.8 Å². The predicted molar refractivity (Wildman–Crippen MR) is 113 cm³/mol. The van der Waals surface area contributed by atoms with Crippen molar-refractivity contribution < 1.29 is 57.9 Å². The van der Waals surface area contributed by atoms with Crippen molar-refractivity contribution in [3.05, 3.63) is 75.6 Å². The molecular weight excluding hydrogens is 567 g/mol. The summed E-state index contributed by atoms with van der Waals surface area (Å²) in [5, 5.41) is 0.983. The molecule has 0 aromatic heterocycles. The van der Waals surface area contributed by atoms with E-state index in [9.17, 15) is 57.9 Å². The van der Waals surface area contributed by atoms with Crippen molar-refractivity contribution in [2.75, 3.05) is 6.54 Å². The molecule has 1 unspecified atom stereocenters. The molecule has 0 aliphatic carbocycles. The maximum atomic E-state index is 14.8. The number of ketones is 1. The number of alkyl halides is 9. The number of halogens is 12. The fourth-order valence-corrected chi connectivity index (χ4v) is 3.43. The summed E-state index contributed by atoms with van der Waals surface area (Å²) in [6, 6.07) is 2.90. The van der Waals surface area contributed by atoms with Gasteiger partial charge < -0.3 is 5.32 Å². The number of carbonyl (C=O) groups is 2. The van der Waals surface area contributed by atoms with E-state index < -0.39 is 94.4 Å². The standard InChI is InChI=1S/C23H15ClF11NO2/c24-13-5-12(6-14(25)8-13)16(22(30,31)32)9-18(26)11-1-2-15(17(7-11)23(33,34)35)19(37)3-4-20(38)36-10-21(27,28)29/h1-2,5-9,16H,3-4,10H2,(H,36,38)/b18-9-. The summed E-state index contributed by atoms with van der Waals surface area (Å²) < 4.78 is 146. The zero-order valence-electron chi connectivity index (χ0n) is 18.6. The predicted octanol–water partition coefficient (Wildman–Crippen LogP) is 7.80. The highest BCUT2D eigenvalue weighted by Crippen LogP contribution is 2.40. The minimum Gasteiger partial charge on any atom is -0.347 e. The maximum absolute atomic E-state index is 14.8. The van der Waals surface area contributed by atoms with Gasteiger partial charge in [-0.15, -0.1) is 0 Å². The Bertz CT molecular complexity index is 1200. The molecule has 1 N–H and O–H groups in total. The van der Waals surface area contributed by atoms with E-state index in [1.807, 2.05) is 0 Å². The molecule has 1 amide bonds. The second-order valence-corrected chi connectivity index (χ2v) is 8.25. The Kier molecular flexibility index (Phi) is 9.57. The Balaban J connectivity index is 2.39. The Hall–Kier alpha value is -3.16. The Morgan fingerprint density at radius 1 is 0.921 bits per heavy atom. The summed E-state index contributed by atoms with van der Waals surface area (Å²) >= 11 is 5.54. The minimum absolute atomic E-state index is 0.0643. The van der Waals surface area contributed by atoms with Gasteiger partial charge in [-0.1, -0.05) is 23.7 Å². The van der Waals surface area contributed by atoms with E-state index in [4.69, 9.17) is 11.6 Å². The number of amides is 1. The summed E-state index contributed by atoms with van der Waals surface area (Å²) in [5.74, 6) is -8.38. The SMILES string of the molecule is O=C(CCC(=O)c1ccc(/C(F)=C/C(c2cc(F)cc(Cl)c2)C(F)(F)F)cc1C(F)(F)F)NCC(F)(F)F. The van der Waals surface area contributed by atoms with E-state index in [0.29, 0.717) is 30.3 Å². The molecule has 1 atom stereocenters. The molecule has 0 bridgehead atoms. The van der Waals surface area contributed by atoms with E-state index in [0.717, 1.165) is 0 Å². The van der Waals surface area contributed by atoms with Crippen molar-refractivity contribution in [3.63, 3.8) is 0 Å². The molecule has 0 radical (unpaired) electrons. The van der Waals surface area contributed by atoms with Crippen molar-refractivity contribution in [2.24, 2.45) is 0 Å². The van der Waals surface area contributed by atoms with E-state index in [-0.39, 0.29) is 12.1 Å². The summed E-state index contributed by atoms with van der Waals surface area (Å²) in [5.41, 5.74) is -4.67. The second-order valence-electron chi connectivity index (χ2n) is 7.81. The quantitative estimate of drug-likeness (QED) is 0.255. The molecule has 0 aliphatic rings. The molecule has 208 valence electrons. The third kappa shape index (κ3) is 8.99. The molecule has 0 spiro atoms. The van der Waals surface area contributed by atoms with Crippen LogP contribution in [-0.2, 0) is 11.0 Å². The van der Waals surface area contributed by atoms with E-state index in [1.165, 1.54) is 5.32 Å². The summed E-state index contributed by atoms with van der Waals surface area (Å²) in [7, 11) is 0. The Morgan fingerprint density at radius 3 is 2.08 bits per heavy atom. The molecule has 3 nitrogen and oxygen atoms in total. The monoisotopic (exact) mass is 581 g/mol. The normalized spacial score (nSPS) is 13.8. The number of allylic oxidation sites excluding steroid dienone is 1. The molecular formula is C23H15ClF11NO2. The minimum atomic E-state index is -5.31. The largest absolute Gasteiger partial charge is 0.417 e. The summed E-state index contributed by atoms with van der Waals surface area (Å²) in [6.45, 7) is -1.73. The molecule has 0 saturated heterocycles. The van der Waals surface area contributed by atoms with Crippen LogP contribution in [0.5, 0.6) is 0 Å². The molecule has 0 saturated carbocycles. The van der Waals surface area contributed by atoms with Gasteiger partial charge in [0.15, 0.2) is 5.78 Å². The van der Waals surface area contributed by atoms with Gasteiger partial charge in [0.1, 0.15) is 24.1 Å². The van der Waals surface area contributed by atoms with Gasteiger partial charge in [-0.3, -0.25) is 9.59 Å². The van der Waals surface area contributed by atoms with E-state index in [1.54, 1.807) is 0 Å². The van der Waals surface area contributed by atoms with Crippen LogP contribution in [0.3, 0.4) is 0 Å². The van der Waals surface area contributed by atoms with Crippen molar-refractivity contribution in [3.8, 4) is 0 Å². The van der Waals surface area contributed by atoms with E-state index in [2.05, 4.69) is 0 Å². The Labute approximate surface area is 212 Å². The zero-order valence-corrected chi connectivity index (χ0v) is 19.3. The molecule has 0 heterocycles. The van der Waals surface area contributed by atoms with Crippen LogP contribution < -0.4 is 5.32 Å². The molecule has 38 heavy (non-hydrogen) atoms. The highest BCUT2D eigenvalue weighted by molar-refractivity contribution is 6.30. The highest BCUT2D eigenvalue weighted by Gasteiger charge is 2.41. The number of carbonyl (C=O) groups excluding carboxylic acids is 2. The van der Waals surface area contributed by atoms with E-state index >= 15 is 0 Å². The zero-order chi connectivity index (χ0) is 29.1. The van der Waals surface area contributed by atoms with Crippen LogP contribution in [0.2, 0.25) is 5.02 Å². The van der Waals surface area contributed by atoms with Crippen molar-refractivity contribution in [2.45, 2.75) is 37.3 Å². The average Bonchev–Trinajstić information content (AvgIpc) is 2.76. The van der Waals surface area contributed by atoms with Gasteiger partial charge in [-0.25, -0.2) is 8.78 Å². The number of hydrogen-bond acceptors (Lipinski definition) is 2. The molecule has 15 heteroatoms. The Morgan fingerprint density at radius 2 is 1.55 bits per heavy atom. The lowest BCUT2D eigenvalue weighted by Gasteiger charge is -2.18. The first-order chi connectivity index (χ1) is 17.3. The number of hydrogen-bond donors (Lipinski definition) is 1. The summed E-state index contributed by atoms with van der Waals surface area (Å²) in [4.78, 5) is 23.7. The lowest BCUT2D eigenvalue weighted by atomic mass is 9.94. The first-order valence-corrected chi connectivity index (χ1v) is 10.6. The molecule has 2 rings (SSSR count). The van der Waals surface area contributed by atoms with Crippen LogP contribution in [0.15, 0.2) is 42.5 Å². The van der Waals surface area contributed by atoms with Crippen molar-refractivity contribution in [1.82, 2.24) is 5.32 Å². The number of benzene rings is 2. The third-order valence-corrected chi connectivity index (χ3v) is 5.09. The maximum Gasteiger partial charge on any atom is 0.417 e. The van der Waals surface area contributed by atoms with Crippen LogP contribution in [0.4, 0.5) is 48.3 Å². The fraction of sp³-hybridized carbons (Fsp3) is 0.304. The first-order valence-electron chi connectivity index (χ1n) is 10.3. The number of nitrogens with one attached hydrogen (secondary N) is 1. The lowest BCUT2D eigenvalue weighted by molar-refractivity contribution is -0.140. The van der Waals surface area contributed by atoms with Gasteiger partial charge in [0.25, 0.3) is 0 Å². The van der Waals surface area contributed by atoms with Gasteiger partial charge in [-0.05, 0) is 35.9 Å². The van der Waals surface area contributed by atoms with Gasteiger partial charge in [0, 0.05) is 29.0 Å². The van der Waals surface area contributed by atoms with Gasteiger partial charge in [0.2, 0.25) is 5.91 Å². The summed E-state index contributed by atoms with van der Waals surface area (Å²) in [6.07, 6.45) is -17.2. The number of rotatable bonds is 8. The fourth-order valence-electron chi connectivity index (χ4n) is 3.20. The lowest BCUT2D eigenvalue weighted by Crippen LogP contribution is -2.33. The smallest absolute Gasteiger partial charge is 0.347 e. The van der Waals surface area contributed by atoms with Crippen LogP contribution in [-0.4, -0.2) is 30.6 Å². The second kappa shape index (κ2) is 11.7. The first kappa shape index (κ1) is 31.1. The third-order valence-electron chi connectivity index (χ3n) is 4.88.